The molecule has 1 amide bonds. The van der Waals surface area contributed by atoms with Crippen LogP contribution < -0.4 is 5.32 Å². The van der Waals surface area contributed by atoms with Gasteiger partial charge in [-0.3, -0.25) is 4.79 Å². The number of carbonyl (C=O) groups excluding carboxylic acids is 1. The van der Waals surface area contributed by atoms with Crippen molar-refractivity contribution < 1.29 is 9.53 Å². The van der Waals surface area contributed by atoms with Crippen molar-refractivity contribution in [1.29, 1.82) is 0 Å². The predicted molar refractivity (Wildman–Crippen MR) is 74.3 cm³/mol. The fraction of sp³-hybridized carbons (Fsp3) is 0.643. The van der Waals surface area contributed by atoms with E-state index in [-0.39, 0.29) is 5.91 Å². The number of hydrogen-bond acceptors (Lipinski definition) is 3. The largest absolute Gasteiger partial charge is 0.383 e. The molecule has 0 atom stereocenters. The van der Waals surface area contributed by atoms with Gasteiger partial charge in [0.1, 0.15) is 5.69 Å². The summed E-state index contributed by atoms with van der Waals surface area (Å²) in [6.07, 6.45) is 3.99. The predicted octanol–water partition coefficient (Wildman–Crippen LogP) is 0.958. The fourth-order valence-corrected chi connectivity index (χ4v) is 2.53. The first-order valence-corrected chi connectivity index (χ1v) is 6.86. The zero-order valence-electron chi connectivity index (χ0n) is 11.8. The number of methoxy groups -OCH3 is 1. The first-order valence-electron chi connectivity index (χ1n) is 6.86. The molecule has 0 unspecified atom stereocenters. The van der Waals surface area contributed by atoms with Gasteiger partial charge in [-0.05, 0) is 38.1 Å². The van der Waals surface area contributed by atoms with Crippen LogP contribution in [0.5, 0.6) is 0 Å². The molecule has 0 aromatic carbocycles. The van der Waals surface area contributed by atoms with Crippen molar-refractivity contribution in [3.63, 3.8) is 0 Å². The van der Waals surface area contributed by atoms with E-state index in [0.29, 0.717) is 19.2 Å². The Bertz CT molecular complexity index is 411. The normalized spacial score (nSPS) is 16.5. The molecule has 2 heterocycles. The van der Waals surface area contributed by atoms with Crippen LogP contribution in [0, 0.1) is 0 Å². The van der Waals surface area contributed by atoms with Gasteiger partial charge in [0.05, 0.1) is 6.61 Å². The number of amides is 1. The highest BCUT2D eigenvalue weighted by Crippen LogP contribution is 2.14. The molecular weight excluding hydrogens is 242 g/mol. The number of rotatable bonds is 5. The van der Waals surface area contributed by atoms with Crippen LogP contribution >= 0.6 is 0 Å². The van der Waals surface area contributed by atoms with Gasteiger partial charge in [0.15, 0.2) is 0 Å². The molecular formula is C14H23N3O2. The quantitative estimate of drug-likeness (QED) is 0.862. The van der Waals surface area contributed by atoms with Gasteiger partial charge in [-0.2, -0.15) is 0 Å². The van der Waals surface area contributed by atoms with E-state index in [1.54, 1.807) is 7.11 Å². The minimum Gasteiger partial charge on any atom is -0.383 e. The summed E-state index contributed by atoms with van der Waals surface area (Å²) in [5.41, 5.74) is 0.748. The Morgan fingerprint density at radius 3 is 2.95 bits per heavy atom. The molecule has 0 spiro atoms. The lowest BCUT2D eigenvalue weighted by Gasteiger charge is -2.31. The summed E-state index contributed by atoms with van der Waals surface area (Å²) >= 11 is 0. The number of nitrogens with one attached hydrogen (secondary N) is 1. The molecule has 0 bridgehead atoms. The maximum absolute atomic E-state index is 12.5. The van der Waals surface area contributed by atoms with E-state index in [1.807, 2.05) is 34.8 Å². The minimum absolute atomic E-state index is 0.105. The topological polar surface area (TPSA) is 46.5 Å². The van der Waals surface area contributed by atoms with Gasteiger partial charge in [0.2, 0.25) is 0 Å². The molecule has 1 aromatic heterocycles. The van der Waals surface area contributed by atoms with Crippen molar-refractivity contribution in [3.05, 3.63) is 24.0 Å². The van der Waals surface area contributed by atoms with Gasteiger partial charge in [-0.1, -0.05) is 0 Å². The van der Waals surface area contributed by atoms with E-state index >= 15 is 0 Å². The number of hydrogen-bond donors (Lipinski definition) is 1. The lowest BCUT2D eigenvalue weighted by atomic mass is 10.1. The average molecular weight is 265 g/mol. The summed E-state index contributed by atoms with van der Waals surface area (Å²) in [6, 6.07) is 4.15. The molecule has 0 aliphatic carbocycles. The highest BCUT2D eigenvalue weighted by Gasteiger charge is 2.24. The van der Waals surface area contributed by atoms with Crippen molar-refractivity contribution in [3.8, 4) is 0 Å². The smallest absolute Gasteiger partial charge is 0.270 e. The van der Waals surface area contributed by atoms with Gasteiger partial charge in [-0.15, -0.1) is 0 Å². The van der Waals surface area contributed by atoms with Crippen LogP contribution in [0.15, 0.2) is 18.3 Å². The Morgan fingerprint density at radius 1 is 1.53 bits per heavy atom. The van der Waals surface area contributed by atoms with Crippen LogP contribution in [0.25, 0.3) is 0 Å². The van der Waals surface area contributed by atoms with Crippen LogP contribution in [-0.2, 0) is 11.3 Å². The molecule has 1 aromatic rings. The molecule has 1 aliphatic heterocycles. The Morgan fingerprint density at radius 2 is 2.26 bits per heavy atom. The van der Waals surface area contributed by atoms with Crippen molar-refractivity contribution in [1.82, 2.24) is 14.8 Å². The molecule has 1 saturated heterocycles. The van der Waals surface area contributed by atoms with E-state index in [1.165, 1.54) is 0 Å². The van der Waals surface area contributed by atoms with Crippen molar-refractivity contribution >= 4 is 5.91 Å². The molecule has 0 radical (unpaired) electrons. The highest BCUT2D eigenvalue weighted by atomic mass is 16.5. The second kappa shape index (κ2) is 6.73. The minimum atomic E-state index is 0.105. The molecule has 19 heavy (non-hydrogen) atoms. The Kier molecular flexibility index (Phi) is 4.99. The Balaban J connectivity index is 2.03. The number of aromatic nitrogens is 1. The SMILES string of the molecule is COCCn1cccc1C(=O)N(C)C1CCNCC1. The first kappa shape index (κ1) is 14.1. The summed E-state index contributed by atoms with van der Waals surface area (Å²) < 4.78 is 7.03. The van der Waals surface area contributed by atoms with Crippen LogP contribution in [-0.4, -0.2) is 55.3 Å². The third-order valence-corrected chi connectivity index (χ3v) is 3.76. The standard InChI is InChI=1S/C14H23N3O2/c1-16(12-5-7-15-8-6-12)14(18)13-4-3-9-17(13)10-11-19-2/h3-4,9,12,15H,5-8,10-11H2,1-2H3. The molecule has 5 heteroatoms. The summed E-state index contributed by atoms with van der Waals surface area (Å²) in [6.45, 7) is 3.32. The third-order valence-electron chi connectivity index (χ3n) is 3.76. The molecule has 106 valence electrons. The van der Waals surface area contributed by atoms with E-state index in [2.05, 4.69) is 5.32 Å². The Hall–Kier alpha value is -1.33. The number of ether oxygens (including phenoxy) is 1. The van der Waals surface area contributed by atoms with Crippen LogP contribution in [0.1, 0.15) is 23.3 Å². The Labute approximate surface area is 114 Å². The molecule has 1 fully saturated rings. The summed E-state index contributed by atoms with van der Waals surface area (Å²) in [7, 11) is 3.58. The van der Waals surface area contributed by atoms with Crippen LogP contribution in [0.2, 0.25) is 0 Å². The van der Waals surface area contributed by atoms with Crippen molar-refractivity contribution in [2.45, 2.75) is 25.4 Å². The maximum Gasteiger partial charge on any atom is 0.270 e. The summed E-state index contributed by atoms with van der Waals surface area (Å²) in [4.78, 5) is 14.4. The van der Waals surface area contributed by atoms with Gasteiger partial charge in [0, 0.05) is 32.9 Å². The number of nitrogens with zero attached hydrogens (tertiary/aromatic N) is 2. The fourth-order valence-electron chi connectivity index (χ4n) is 2.53. The molecule has 1 aliphatic rings. The molecule has 5 nitrogen and oxygen atoms in total. The van der Waals surface area contributed by atoms with Crippen LogP contribution in [0.4, 0.5) is 0 Å². The molecule has 2 rings (SSSR count). The molecule has 0 saturated carbocycles. The second-order valence-electron chi connectivity index (χ2n) is 4.98. The first-order chi connectivity index (χ1) is 9.24. The van der Waals surface area contributed by atoms with Crippen LogP contribution in [0.3, 0.4) is 0 Å². The van der Waals surface area contributed by atoms with Gasteiger partial charge < -0.3 is 19.5 Å². The highest BCUT2D eigenvalue weighted by molar-refractivity contribution is 5.92. The summed E-state index contributed by atoms with van der Waals surface area (Å²) in [5, 5.41) is 3.32. The lowest BCUT2D eigenvalue weighted by molar-refractivity contribution is 0.0690. The van der Waals surface area contributed by atoms with E-state index < -0.39 is 0 Å². The monoisotopic (exact) mass is 265 g/mol. The van der Waals surface area contributed by atoms with E-state index in [4.69, 9.17) is 4.74 Å². The summed E-state index contributed by atoms with van der Waals surface area (Å²) in [5.74, 6) is 0.105. The number of carbonyl (C=O) groups is 1. The van der Waals surface area contributed by atoms with Crippen molar-refractivity contribution in [2.75, 3.05) is 33.9 Å². The lowest BCUT2D eigenvalue weighted by Crippen LogP contribution is -2.44. The van der Waals surface area contributed by atoms with E-state index in [9.17, 15) is 4.79 Å². The van der Waals surface area contributed by atoms with Gasteiger partial charge in [-0.25, -0.2) is 0 Å². The zero-order valence-corrected chi connectivity index (χ0v) is 11.8. The zero-order chi connectivity index (χ0) is 13.7. The van der Waals surface area contributed by atoms with Crippen molar-refractivity contribution in [2.24, 2.45) is 0 Å². The second-order valence-corrected chi connectivity index (χ2v) is 4.98. The van der Waals surface area contributed by atoms with Gasteiger partial charge >= 0.3 is 0 Å². The maximum atomic E-state index is 12.5. The average Bonchev–Trinajstić information content (AvgIpc) is 2.92. The molecule has 1 N–H and O–H groups in total. The number of piperidine rings is 1. The third kappa shape index (κ3) is 3.36. The van der Waals surface area contributed by atoms with E-state index in [0.717, 1.165) is 31.6 Å². The van der Waals surface area contributed by atoms with Gasteiger partial charge in [0.25, 0.3) is 5.91 Å².